The number of aromatic nitrogens is 2. The van der Waals surface area contributed by atoms with E-state index in [1.54, 1.807) is 0 Å². The zero-order valence-electron chi connectivity index (χ0n) is 17.7. The molecule has 1 amide bonds. The van der Waals surface area contributed by atoms with Crippen molar-refractivity contribution in [1.29, 1.82) is 0 Å². The fourth-order valence-corrected chi connectivity index (χ4v) is 5.00. The predicted molar refractivity (Wildman–Crippen MR) is 121 cm³/mol. The molecule has 0 fully saturated rings. The molecule has 1 aliphatic heterocycles. The van der Waals surface area contributed by atoms with E-state index in [0.717, 1.165) is 16.7 Å². The number of nitrogens with one attached hydrogen (secondary N) is 1. The molecule has 4 rings (SSSR count). The topological polar surface area (TPSA) is 64.0 Å². The van der Waals surface area contributed by atoms with Gasteiger partial charge >= 0.3 is 0 Å². The van der Waals surface area contributed by atoms with Crippen molar-refractivity contribution >= 4 is 23.5 Å². The largest absolute Gasteiger partial charge is 0.312 e. The zero-order chi connectivity index (χ0) is 21.4. The highest BCUT2D eigenvalue weighted by molar-refractivity contribution is 7.98. The van der Waals surface area contributed by atoms with Gasteiger partial charge in [0.25, 0.3) is 5.56 Å². The van der Waals surface area contributed by atoms with E-state index in [9.17, 15) is 9.59 Å². The maximum Gasteiger partial charge on any atom is 0.279 e. The van der Waals surface area contributed by atoms with Gasteiger partial charge in [-0.3, -0.25) is 9.59 Å². The molecule has 5 nitrogen and oxygen atoms in total. The summed E-state index contributed by atoms with van der Waals surface area (Å²) in [4.78, 5) is 30.0. The second-order valence-corrected chi connectivity index (χ2v) is 8.91. The van der Waals surface area contributed by atoms with Crippen LogP contribution in [-0.2, 0) is 17.6 Å². The van der Waals surface area contributed by atoms with Crippen molar-refractivity contribution in [2.45, 2.75) is 44.0 Å². The minimum absolute atomic E-state index is 0.0803. The normalized spacial score (nSPS) is 15.6. The minimum Gasteiger partial charge on any atom is -0.312 e. The first kappa shape index (κ1) is 20.4. The van der Waals surface area contributed by atoms with Crippen molar-refractivity contribution < 1.29 is 4.79 Å². The van der Waals surface area contributed by atoms with Crippen LogP contribution in [0.1, 0.15) is 45.7 Å². The highest BCUT2D eigenvalue weighted by atomic mass is 32.2. The summed E-state index contributed by atoms with van der Waals surface area (Å²) in [5.74, 6) is 0.900. The number of hydrogen-bond donors (Lipinski definition) is 1. The zero-order valence-corrected chi connectivity index (χ0v) is 18.5. The number of rotatable bonds is 4. The van der Waals surface area contributed by atoms with Crippen molar-refractivity contribution in [2.75, 3.05) is 5.32 Å². The van der Waals surface area contributed by atoms with E-state index in [-0.39, 0.29) is 23.8 Å². The van der Waals surface area contributed by atoms with Crippen molar-refractivity contribution in [2.24, 2.45) is 7.05 Å². The Balaban J connectivity index is 1.74. The van der Waals surface area contributed by atoms with Crippen LogP contribution >= 0.6 is 11.8 Å². The van der Waals surface area contributed by atoms with Crippen molar-refractivity contribution in [1.82, 2.24) is 9.55 Å². The summed E-state index contributed by atoms with van der Waals surface area (Å²) in [7, 11) is 1.86. The van der Waals surface area contributed by atoms with Gasteiger partial charge in [-0.15, -0.1) is 0 Å². The molecule has 0 aliphatic carbocycles. The summed E-state index contributed by atoms with van der Waals surface area (Å²) in [6.07, 6.45) is 0.254. The van der Waals surface area contributed by atoms with Gasteiger partial charge < -0.3 is 9.88 Å². The number of amides is 1. The Morgan fingerprint density at radius 2 is 1.87 bits per heavy atom. The molecule has 1 aromatic heterocycles. The molecule has 1 aliphatic rings. The average Bonchev–Trinajstić information content (AvgIpc) is 2.69. The van der Waals surface area contributed by atoms with Crippen LogP contribution < -0.4 is 10.9 Å². The molecular formula is C24H25N3O2S. The maximum atomic E-state index is 13.1. The first-order valence-corrected chi connectivity index (χ1v) is 11.0. The Bertz CT molecular complexity index is 1200. The lowest BCUT2D eigenvalue weighted by molar-refractivity contribution is -0.116. The van der Waals surface area contributed by atoms with Crippen LogP contribution in [0, 0.1) is 20.8 Å². The molecule has 0 radical (unpaired) electrons. The quantitative estimate of drug-likeness (QED) is 0.501. The van der Waals surface area contributed by atoms with E-state index in [4.69, 9.17) is 0 Å². The highest BCUT2D eigenvalue weighted by Gasteiger charge is 2.32. The Morgan fingerprint density at radius 3 is 2.60 bits per heavy atom. The Hall–Kier alpha value is -2.86. The molecule has 2 heterocycles. The molecule has 0 spiro atoms. The van der Waals surface area contributed by atoms with Crippen LogP contribution in [0.2, 0.25) is 0 Å². The number of thioether (sulfide) groups is 1. The van der Waals surface area contributed by atoms with Crippen LogP contribution in [0.4, 0.5) is 5.82 Å². The van der Waals surface area contributed by atoms with Gasteiger partial charge in [0.05, 0.1) is 5.56 Å². The van der Waals surface area contributed by atoms with E-state index in [1.165, 1.54) is 22.9 Å². The van der Waals surface area contributed by atoms with Crippen molar-refractivity contribution in [3.05, 3.63) is 86.2 Å². The Kier molecular flexibility index (Phi) is 5.52. The molecule has 154 valence electrons. The monoisotopic (exact) mass is 419 g/mol. The predicted octanol–water partition coefficient (Wildman–Crippen LogP) is 4.47. The lowest BCUT2D eigenvalue weighted by Crippen LogP contribution is -2.33. The van der Waals surface area contributed by atoms with E-state index >= 15 is 0 Å². The van der Waals surface area contributed by atoms with Gasteiger partial charge in [-0.25, -0.2) is 0 Å². The molecule has 1 N–H and O–H groups in total. The number of benzene rings is 2. The van der Waals surface area contributed by atoms with E-state index in [0.29, 0.717) is 22.3 Å². The average molecular weight is 420 g/mol. The number of hydrogen-bond acceptors (Lipinski definition) is 4. The lowest BCUT2D eigenvalue weighted by Gasteiger charge is -2.28. The summed E-state index contributed by atoms with van der Waals surface area (Å²) in [5, 5.41) is 3.52. The fourth-order valence-electron chi connectivity index (χ4n) is 4.10. The number of anilines is 1. The van der Waals surface area contributed by atoms with E-state index in [1.807, 2.05) is 43.7 Å². The minimum atomic E-state index is -0.281. The summed E-state index contributed by atoms with van der Waals surface area (Å²) in [5.41, 5.74) is 5.93. The number of fused-ring (bicyclic) bond motifs is 1. The van der Waals surface area contributed by atoms with Gasteiger partial charge in [-0.05, 0) is 37.5 Å². The van der Waals surface area contributed by atoms with Crippen molar-refractivity contribution in [3.8, 4) is 0 Å². The van der Waals surface area contributed by atoms with Gasteiger partial charge in [0.15, 0.2) is 5.16 Å². The van der Waals surface area contributed by atoms with Gasteiger partial charge in [-0.1, -0.05) is 65.4 Å². The molecular weight excluding hydrogens is 394 g/mol. The second kappa shape index (κ2) is 8.11. The highest BCUT2D eigenvalue weighted by Crippen LogP contribution is 2.37. The summed E-state index contributed by atoms with van der Waals surface area (Å²) >= 11 is 1.50. The number of carbonyl (C=O) groups is 1. The number of carbonyl (C=O) groups excluding carboxylic acids is 1. The first-order valence-electron chi connectivity index (χ1n) is 9.99. The molecule has 30 heavy (non-hydrogen) atoms. The molecule has 3 aromatic rings. The van der Waals surface area contributed by atoms with Crippen LogP contribution in [-0.4, -0.2) is 15.5 Å². The van der Waals surface area contributed by atoms with E-state index < -0.39 is 0 Å². The number of nitrogens with zero attached hydrogens (tertiary/aromatic N) is 2. The van der Waals surface area contributed by atoms with Gasteiger partial charge in [-0.2, -0.15) is 4.98 Å². The fraction of sp³-hybridized carbons (Fsp3) is 0.292. The maximum absolute atomic E-state index is 13.1. The van der Waals surface area contributed by atoms with Gasteiger partial charge in [0, 0.05) is 25.1 Å². The molecule has 2 aromatic carbocycles. The summed E-state index contributed by atoms with van der Waals surface area (Å²) in [6.45, 7) is 6.12. The molecule has 6 heteroatoms. The molecule has 0 saturated heterocycles. The lowest BCUT2D eigenvalue weighted by atomic mass is 9.84. The van der Waals surface area contributed by atoms with E-state index in [2.05, 4.69) is 41.5 Å². The second-order valence-electron chi connectivity index (χ2n) is 7.96. The molecule has 0 unspecified atom stereocenters. The SMILES string of the molecule is Cc1cccc(CSc2nc(=O)c3c(n2C)NC(=O)C[C@H]3c2ccc(C)cc2C)c1. The molecule has 0 bridgehead atoms. The van der Waals surface area contributed by atoms with Crippen molar-refractivity contribution in [3.63, 3.8) is 0 Å². The molecule has 0 saturated carbocycles. The Labute approximate surface area is 180 Å². The van der Waals surface area contributed by atoms with Crippen LogP contribution in [0.25, 0.3) is 0 Å². The van der Waals surface area contributed by atoms with Crippen LogP contribution in [0.5, 0.6) is 0 Å². The third kappa shape index (κ3) is 3.92. The van der Waals surface area contributed by atoms with Crippen LogP contribution in [0.3, 0.4) is 0 Å². The smallest absolute Gasteiger partial charge is 0.279 e. The third-order valence-electron chi connectivity index (χ3n) is 5.55. The summed E-state index contributed by atoms with van der Waals surface area (Å²) < 4.78 is 1.84. The number of aryl methyl sites for hydroxylation is 3. The third-order valence-corrected chi connectivity index (χ3v) is 6.65. The summed E-state index contributed by atoms with van der Waals surface area (Å²) in [6, 6.07) is 14.4. The van der Waals surface area contributed by atoms with Crippen LogP contribution in [0.15, 0.2) is 52.4 Å². The Morgan fingerprint density at radius 1 is 1.10 bits per heavy atom. The van der Waals surface area contributed by atoms with Gasteiger partial charge in [0.2, 0.25) is 5.91 Å². The van der Waals surface area contributed by atoms with Gasteiger partial charge in [0.1, 0.15) is 5.82 Å². The standard InChI is InChI=1S/C24H25N3O2S/c1-14-6-5-7-17(11-14)13-30-24-26-23(29)21-19(12-20(28)25-22(21)27(24)4)18-9-8-15(2)10-16(18)3/h5-11,19H,12-13H2,1-4H3,(H,25,28)/t19-/m0/s1. The first-order chi connectivity index (χ1) is 14.3. The molecule has 1 atom stereocenters.